The molecule has 100 valence electrons. The van der Waals surface area contributed by atoms with Crippen molar-refractivity contribution in [3.8, 4) is 0 Å². The van der Waals surface area contributed by atoms with Gasteiger partial charge in [0.25, 0.3) is 0 Å². The highest BCUT2D eigenvalue weighted by atomic mass is 16.5. The van der Waals surface area contributed by atoms with Gasteiger partial charge in [0.1, 0.15) is 0 Å². The Kier molecular flexibility index (Phi) is 19.8. The van der Waals surface area contributed by atoms with Gasteiger partial charge in [-0.3, -0.25) is 0 Å². The second-order valence-electron chi connectivity index (χ2n) is 3.81. The molecule has 0 aromatic heterocycles. The summed E-state index contributed by atoms with van der Waals surface area (Å²) in [4.78, 5) is 2.49. The summed E-state index contributed by atoms with van der Waals surface area (Å²) >= 11 is 0. The Bertz CT molecular complexity index is 101. The highest BCUT2D eigenvalue weighted by molar-refractivity contribution is 4.54. The van der Waals surface area contributed by atoms with Gasteiger partial charge in [0, 0.05) is 13.2 Å². The third-order valence-electron chi connectivity index (χ3n) is 2.27. The summed E-state index contributed by atoms with van der Waals surface area (Å²) in [5.74, 6) is 0. The maximum atomic E-state index is 5.56. The van der Waals surface area contributed by atoms with Crippen LogP contribution >= 0.6 is 0 Å². The van der Waals surface area contributed by atoms with Gasteiger partial charge in [0.05, 0.1) is 6.61 Å². The molecule has 0 amide bonds. The molecule has 0 fully saturated rings. The molecule has 0 unspecified atom stereocenters. The Hall–Kier alpha value is -0.0800. The average Bonchev–Trinajstić information content (AvgIpc) is 2.32. The third-order valence-corrected chi connectivity index (χ3v) is 2.27. The predicted molar refractivity (Wildman–Crippen MR) is 74.1 cm³/mol. The van der Waals surface area contributed by atoms with Crippen LogP contribution in [0, 0.1) is 0 Å². The third kappa shape index (κ3) is 13.9. The Labute approximate surface area is 103 Å². The molecule has 2 heteroatoms. The molecule has 0 aliphatic rings. The first-order valence-corrected chi connectivity index (χ1v) is 7.15. The van der Waals surface area contributed by atoms with E-state index in [0.29, 0.717) is 0 Å². The second kappa shape index (κ2) is 17.3. The normalized spacial score (nSPS) is 10.1. The van der Waals surface area contributed by atoms with Crippen molar-refractivity contribution in [3.05, 3.63) is 0 Å². The van der Waals surface area contributed by atoms with E-state index < -0.39 is 0 Å². The Balaban J connectivity index is 0. The Morgan fingerprint density at radius 1 is 0.750 bits per heavy atom. The van der Waals surface area contributed by atoms with Gasteiger partial charge in [0.2, 0.25) is 0 Å². The molecule has 0 aromatic rings. The van der Waals surface area contributed by atoms with Crippen LogP contribution < -0.4 is 0 Å². The molecule has 0 spiro atoms. The fraction of sp³-hybridized carbons (Fsp3) is 1.00. The average molecular weight is 231 g/mol. The second-order valence-corrected chi connectivity index (χ2v) is 3.81. The summed E-state index contributed by atoms with van der Waals surface area (Å²) in [5.41, 5.74) is 0. The standard InChI is InChI=1S/C12H27NO.C2H6/c1-4-7-11-14-12-10-13(8-5-2)9-6-3;1-2/h4-12H2,1-3H3;1-2H3. The number of hydrogen-bond acceptors (Lipinski definition) is 2. The number of unbranched alkanes of at least 4 members (excludes halogenated alkanes) is 1. The molecule has 0 bridgehead atoms. The molecule has 0 aromatic carbocycles. The Morgan fingerprint density at radius 2 is 1.31 bits per heavy atom. The van der Waals surface area contributed by atoms with Crippen LogP contribution in [-0.2, 0) is 4.74 Å². The highest BCUT2D eigenvalue weighted by Crippen LogP contribution is 1.95. The van der Waals surface area contributed by atoms with Gasteiger partial charge in [0.15, 0.2) is 0 Å². The van der Waals surface area contributed by atoms with Crippen LogP contribution in [0.2, 0.25) is 0 Å². The van der Waals surface area contributed by atoms with Crippen molar-refractivity contribution in [1.82, 2.24) is 4.90 Å². The summed E-state index contributed by atoms with van der Waals surface area (Å²) < 4.78 is 5.56. The molecular formula is C14H33NO. The zero-order valence-corrected chi connectivity index (χ0v) is 12.2. The van der Waals surface area contributed by atoms with E-state index in [1.165, 1.54) is 38.8 Å². The van der Waals surface area contributed by atoms with Crippen LogP contribution in [0.25, 0.3) is 0 Å². The molecule has 0 radical (unpaired) electrons. The monoisotopic (exact) mass is 231 g/mol. The lowest BCUT2D eigenvalue weighted by Crippen LogP contribution is -2.29. The van der Waals surface area contributed by atoms with Crippen molar-refractivity contribution in [2.24, 2.45) is 0 Å². The van der Waals surface area contributed by atoms with Gasteiger partial charge in [-0.1, -0.05) is 41.0 Å². The molecule has 0 rings (SSSR count). The van der Waals surface area contributed by atoms with E-state index in [9.17, 15) is 0 Å². The van der Waals surface area contributed by atoms with Crippen LogP contribution in [0.4, 0.5) is 0 Å². The molecule has 0 aliphatic heterocycles. The van der Waals surface area contributed by atoms with E-state index in [4.69, 9.17) is 4.74 Å². The highest BCUT2D eigenvalue weighted by Gasteiger charge is 2.01. The molecule has 0 atom stereocenters. The van der Waals surface area contributed by atoms with E-state index in [2.05, 4.69) is 25.7 Å². The quantitative estimate of drug-likeness (QED) is 0.528. The van der Waals surface area contributed by atoms with Gasteiger partial charge < -0.3 is 9.64 Å². The van der Waals surface area contributed by atoms with E-state index in [-0.39, 0.29) is 0 Å². The SMILES string of the molecule is CC.CCCCOCCN(CCC)CCC. The minimum atomic E-state index is 0.903. The van der Waals surface area contributed by atoms with E-state index in [1.54, 1.807) is 0 Å². The minimum absolute atomic E-state index is 0.903. The lowest BCUT2D eigenvalue weighted by molar-refractivity contribution is 0.101. The van der Waals surface area contributed by atoms with Crippen molar-refractivity contribution < 1.29 is 4.74 Å². The van der Waals surface area contributed by atoms with Crippen LogP contribution in [0.15, 0.2) is 0 Å². The zero-order valence-electron chi connectivity index (χ0n) is 12.2. The van der Waals surface area contributed by atoms with Crippen molar-refractivity contribution in [1.29, 1.82) is 0 Å². The van der Waals surface area contributed by atoms with E-state index >= 15 is 0 Å². The molecule has 0 saturated carbocycles. The molecule has 0 aliphatic carbocycles. The lowest BCUT2D eigenvalue weighted by atomic mass is 10.3. The molecule has 16 heavy (non-hydrogen) atoms. The van der Waals surface area contributed by atoms with Crippen LogP contribution in [-0.4, -0.2) is 37.7 Å². The van der Waals surface area contributed by atoms with Crippen LogP contribution in [0.3, 0.4) is 0 Å². The fourth-order valence-corrected chi connectivity index (χ4v) is 1.51. The maximum Gasteiger partial charge on any atom is 0.0593 e. The predicted octanol–water partition coefficient (Wildman–Crippen LogP) is 3.95. The number of nitrogens with zero attached hydrogens (tertiary/aromatic N) is 1. The van der Waals surface area contributed by atoms with Gasteiger partial charge in [-0.05, 0) is 32.4 Å². The number of ether oxygens (including phenoxy) is 1. The van der Waals surface area contributed by atoms with Crippen molar-refractivity contribution >= 4 is 0 Å². The largest absolute Gasteiger partial charge is 0.380 e. The van der Waals surface area contributed by atoms with Gasteiger partial charge >= 0.3 is 0 Å². The first-order valence-electron chi connectivity index (χ1n) is 7.15. The summed E-state index contributed by atoms with van der Waals surface area (Å²) in [6.07, 6.45) is 4.92. The summed E-state index contributed by atoms with van der Waals surface area (Å²) in [5, 5.41) is 0. The van der Waals surface area contributed by atoms with E-state index in [1.807, 2.05) is 13.8 Å². The van der Waals surface area contributed by atoms with Gasteiger partial charge in [-0.25, -0.2) is 0 Å². The summed E-state index contributed by atoms with van der Waals surface area (Å²) in [6.45, 7) is 16.0. The van der Waals surface area contributed by atoms with Crippen molar-refractivity contribution in [3.63, 3.8) is 0 Å². The molecule has 2 nitrogen and oxygen atoms in total. The maximum absolute atomic E-state index is 5.56. The molecular weight excluding hydrogens is 198 g/mol. The lowest BCUT2D eigenvalue weighted by Gasteiger charge is -2.20. The molecule has 0 heterocycles. The smallest absolute Gasteiger partial charge is 0.0593 e. The van der Waals surface area contributed by atoms with Crippen LogP contribution in [0.5, 0.6) is 0 Å². The fourth-order valence-electron chi connectivity index (χ4n) is 1.51. The number of hydrogen-bond donors (Lipinski definition) is 0. The van der Waals surface area contributed by atoms with Gasteiger partial charge in [-0.2, -0.15) is 0 Å². The topological polar surface area (TPSA) is 12.5 Å². The number of rotatable bonds is 10. The van der Waals surface area contributed by atoms with Crippen LogP contribution in [0.1, 0.15) is 60.3 Å². The van der Waals surface area contributed by atoms with Crippen molar-refractivity contribution in [2.75, 3.05) is 32.8 Å². The summed E-state index contributed by atoms with van der Waals surface area (Å²) in [6, 6.07) is 0. The molecule has 0 N–H and O–H groups in total. The first-order chi connectivity index (χ1) is 7.85. The summed E-state index contributed by atoms with van der Waals surface area (Å²) in [7, 11) is 0. The minimum Gasteiger partial charge on any atom is -0.380 e. The zero-order chi connectivity index (χ0) is 12.6. The van der Waals surface area contributed by atoms with Gasteiger partial charge in [-0.15, -0.1) is 0 Å². The molecule has 0 saturated heterocycles. The first kappa shape index (κ1) is 18.3. The van der Waals surface area contributed by atoms with Crippen molar-refractivity contribution in [2.45, 2.75) is 60.3 Å². The Morgan fingerprint density at radius 3 is 1.75 bits per heavy atom. The van der Waals surface area contributed by atoms with E-state index in [0.717, 1.165) is 19.8 Å².